The van der Waals surface area contributed by atoms with Crippen molar-refractivity contribution in [1.82, 2.24) is 10.2 Å². The number of piperidine rings is 1. The average Bonchev–Trinajstić information content (AvgIpc) is 2.61. The Morgan fingerprint density at radius 2 is 2.04 bits per heavy atom. The highest BCUT2D eigenvalue weighted by molar-refractivity contribution is 9.10. The topological polar surface area (TPSA) is 58.6 Å². The first-order chi connectivity index (χ1) is 11.6. The van der Waals surface area contributed by atoms with E-state index in [2.05, 4.69) is 28.2 Å². The standard InChI is InChI=1S/C18H25BrN2O3/c1-2-3-12-24-18(23)21-10-8-16(9-11-21)20-17(13-22)14-4-6-15(19)7-5-14/h4-7,13,16-17,20H,2-3,8-12H2,1H3. The molecule has 1 saturated heterocycles. The van der Waals surface area contributed by atoms with Crippen LogP contribution < -0.4 is 5.32 Å². The molecule has 0 bridgehead atoms. The minimum absolute atomic E-state index is 0.221. The number of unbranched alkanes of at least 4 members (excludes halogenated alkanes) is 1. The van der Waals surface area contributed by atoms with Gasteiger partial charge in [0.15, 0.2) is 0 Å². The van der Waals surface area contributed by atoms with Crippen molar-refractivity contribution >= 4 is 28.3 Å². The van der Waals surface area contributed by atoms with E-state index < -0.39 is 0 Å². The highest BCUT2D eigenvalue weighted by Gasteiger charge is 2.25. The van der Waals surface area contributed by atoms with Crippen LogP contribution in [0.25, 0.3) is 0 Å². The van der Waals surface area contributed by atoms with Gasteiger partial charge in [-0.15, -0.1) is 0 Å². The lowest BCUT2D eigenvalue weighted by Crippen LogP contribution is -2.46. The Morgan fingerprint density at radius 3 is 2.62 bits per heavy atom. The number of hydrogen-bond donors (Lipinski definition) is 1. The molecule has 1 aromatic carbocycles. The fourth-order valence-corrected chi connectivity index (χ4v) is 3.03. The molecule has 1 atom stereocenters. The van der Waals surface area contributed by atoms with Crippen molar-refractivity contribution in [1.29, 1.82) is 0 Å². The van der Waals surface area contributed by atoms with Crippen LogP contribution in [0.5, 0.6) is 0 Å². The van der Waals surface area contributed by atoms with E-state index in [-0.39, 0.29) is 18.2 Å². The fraction of sp³-hybridized carbons (Fsp3) is 0.556. The number of benzene rings is 1. The molecule has 1 aliphatic heterocycles. The lowest BCUT2D eigenvalue weighted by atomic mass is 10.0. The monoisotopic (exact) mass is 396 g/mol. The zero-order valence-corrected chi connectivity index (χ0v) is 15.6. The van der Waals surface area contributed by atoms with Crippen molar-refractivity contribution in [3.05, 3.63) is 34.3 Å². The number of halogens is 1. The molecular formula is C18H25BrN2O3. The fourth-order valence-electron chi connectivity index (χ4n) is 2.76. The van der Waals surface area contributed by atoms with Crippen LogP contribution >= 0.6 is 15.9 Å². The number of likely N-dealkylation sites (tertiary alicyclic amines) is 1. The van der Waals surface area contributed by atoms with Crippen molar-refractivity contribution in [2.24, 2.45) is 0 Å². The predicted octanol–water partition coefficient (Wildman–Crippen LogP) is 3.68. The molecule has 1 heterocycles. The Morgan fingerprint density at radius 1 is 1.38 bits per heavy atom. The predicted molar refractivity (Wildman–Crippen MR) is 96.9 cm³/mol. The summed E-state index contributed by atoms with van der Waals surface area (Å²) in [4.78, 5) is 25.1. The summed E-state index contributed by atoms with van der Waals surface area (Å²) in [5.74, 6) is 0. The van der Waals surface area contributed by atoms with Crippen LogP contribution in [-0.2, 0) is 9.53 Å². The molecule has 6 heteroatoms. The molecule has 1 fully saturated rings. The van der Waals surface area contributed by atoms with Gasteiger partial charge in [-0.3, -0.25) is 0 Å². The van der Waals surface area contributed by atoms with Crippen molar-refractivity contribution in [3.8, 4) is 0 Å². The van der Waals surface area contributed by atoms with Crippen molar-refractivity contribution in [2.45, 2.75) is 44.7 Å². The Hall–Kier alpha value is -1.40. The molecule has 0 aliphatic carbocycles. The zero-order chi connectivity index (χ0) is 17.4. The van der Waals surface area contributed by atoms with Gasteiger partial charge in [0.25, 0.3) is 0 Å². The van der Waals surface area contributed by atoms with Gasteiger partial charge in [0.05, 0.1) is 12.6 Å². The Kier molecular flexibility index (Phi) is 7.72. The van der Waals surface area contributed by atoms with Gasteiger partial charge in [-0.25, -0.2) is 4.79 Å². The van der Waals surface area contributed by atoms with Crippen LogP contribution in [0.15, 0.2) is 28.7 Å². The largest absolute Gasteiger partial charge is 0.449 e. The van der Waals surface area contributed by atoms with E-state index in [1.54, 1.807) is 4.90 Å². The van der Waals surface area contributed by atoms with E-state index in [9.17, 15) is 9.59 Å². The maximum absolute atomic E-state index is 11.9. The van der Waals surface area contributed by atoms with Gasteiger partial charge in [-0.1, -0.05) is 41.4 Å². The van der Waals surface area contributed by atoms with Gasteiger partial charge in [0, 0.05) is 23.6 Å². The number of carbonyl (C=O) groups excluding carboxylic acids is 2. The minimum atomic E-state index is -0.314. The van der Waals surface area contributed by atoms with Crippen LogP contribution in [0.3, 0.4) is 0 Å². The first-order valence-electron chi connectivity index (χ1n) is 8.52. The molecule has 1 aromatic rings. The highest BCUT2D eigenvalue weighted by atomic mass is 79.9. The summed E-state index contributed by atoms with van der Waals surface area (Å²) >= 11 is 3.40. The molecule has 5 nitrogen and oxygen atoms in total. The van der Waals surface area contributed by atoms with Crippen LogP contribution in [0.2, 0.25) is 0 Å². The number of aldehydes is 1. The summed E-state index contributed by atoms with van der Waals surface area (Å²) < 4.78 is 6.24. The summed E-state index contributed by atoms with van der Waals surface area (Å²) in [6.07, 6.45) is 4.28. The molecule has 1 aliphatic rings. The number of amides is 1. The van der Waals surface area contributed by atoms with Gasteiger partial charge in [0.2, 0.25) is 0 Å². The first kappa shape index (κ1) is 18.9. The molecule has 1 N–H and O–H groups in total. The lowest BCUT2D eigenvalue weighted by molar-refractivity contribution is -0.110. The second-order valence-corrected chi connectivity index (χ2v) is 6.98. The minimum Gasteiger partial charge on any atom is -0.449 e. The van der Waals surface area contributed by atoms with Crippen molar-refractivity contribution < 1.29 is 14.3 Å². The molecule has 2 rings (SSSR count). The summed E-state index contributed by atoms with van der Waals surface area (Å²) in [6, 6.07) is 7.66. The molecular weight excluding hydrogens is 372 g/mol. The number of carbonyl (C=O) groups is 2. The maximum atomic E-state index is 11.9. The van der Waals surface area contributed by atoms with Gasteiger partial charge >= 0.3 is 6.09 Å². The maximum Gasteiger partial charge on any atom is 0.409 e. The van der Waals surface area contributed by atoms with E-state index in [4.69, 9.17) is 4.74 Å². The van der Waals surface area contributed by atoms with Crippen LogP contribution in [0.1, 0.15) is 44.2 Å². The highest BCUT2D eigenvalue weighted by Crippen LogP contribution is 2.19. The first-order valence-corrected chi connectivity index (χ1v) is 9.31. The van der Waals surface area contributed by atoms with E-state index in [1.165, 1.54) is 0 Å². The van der Waals surface area contributed by atoms with E-state index in [0.29, 0.717) is 19.7 Å². The van der Waals surface area contributed by atoms with Crippen LogP contribution in [-0.4, -0.2) is 43.0 Å². The van der Waals surface area contributed by atoms with E-state index in [0.717, 1.165) is 42.0 Å². The van der Waals surface area contributed by atoms with Crippen LogP contribution in [0.4, 0.5) is 4.79 Å². The number of hydrogen-bond acceptors (Lipinski definition) is 4. The van der Waals surface area contributed by atoms with Gasteiger partial charge in [0.1, 0.15) is 6.29 Å². The molecule has 0 aromatic heterocycles. The second-order valence-electron chi connectivity index (χ2n) is 6.06. The molecule has 132 valence electrons. The summed E-state index contributed by atoms with van der Waals surface area (Å²) in [6.45, 7) is 3.88. The molecule has 0 spiro atoms. The summed E-state index contributed by atoms with van der Waals surface area (Å²) in [7, 11) is 0. The molecule has 1 unspecified atom stereocenters. The molecule has 24 heavy (non-hydrogen) atoms. The molecule has 0 saturated carbocycles. The quantitative estimate of drug-likeness (QED) is 0.563. The molecule has 1 amide bonds. The summed E-state index contributed by atoms with van der Waals surface area (Å²) in [5.41, 5.74) is 0.953. The molecule has 0 radical (unpaired) electrons. The Labute approximate surface area is 151 Å². The van der Waals surface area contributed by atoms with Gasteiger partial charge in [-0.05, 0) is 37.0 Å². The Bertz CT molecular complexity index is 528. The zero-order valence-electron chi connectivity index (χ0n) is 14.0. The van der Waals surface area contributed by atoms with E-state index in [1.807, 2.05) is 24.3 Å². The average molecular weight is 397 g/mol. The number of rotatable bonds is 7. The third-order valence-corrected chi connectivity index (χ3v) is 4.79. The van der Waals surface area contributed by atoms with Gasteiger partial charge < -0.3 is 19.7 Å². The van der Waals surface area contributed by atoms with Crippen molar-refractivity contribution in [3.63, 3.8) is 0 Å². The van der Waals surface area contributed by atoms with Crippen molar-refractivity contribution in [2.75, 3.05) is 19.7 Å². The number of nitrogens with zero attached hydrogens (tertiary/aromatic N) is 1. The third-order valence-electron chi connectivity index (χ3n) is 4.26. The smallest absolute Gasteiger partial charge is 0.409 e. The summed E-state index contributed by atoms with van der Waals surface area (Å²) in [5, 5.41) is 3.39. The van der Waals surface area contributed by atoms with Gasteiger partial charge in [-0.2, -0.15) is 0 Å². The third kappa shape index (κ3) is 5.60. The Balaban J connectivity index is 1.80. The van der Waals surface area contributed by atoms with E-state index >= 15 is 0 Å². The normalized spacial score (nSPS) is 16.7. The second kappa shape index (κ2) is 9.79. The number of ether oxygens (including phenoxy) is 1. The number of nitrogens with one attached hydrogen (secondary N) is 1. The lowest BCUT2D eigenvalue weighted by Gasteiger charge is -2.33. The van der Waals surface area contributed by atoms with Crippen LogP contribution in [0, 0.1) is 0 Å². The SMILES string of the molecule is CCCCOC(=O)N1CCC(NC(C=O)c2ccc(Br)cc2)CC1.